The minimum atomic E-state index is -4.67. The number of hydrogen-bond donors (Lipinski definition) is 2. The van der Waals surface area contributed by atoms with E-state index in [2.05, 4.69) is 0 Å². The van der Waals surface area contributed by atoms with Crippen molar-refractivity contribution in [3.8, 4) is 0 Å². The second kappa shape index (κ2) is 8.80. The summed E-state index contributed by atoms with van der Waals surface area (Å²) >= 11 is 0. The zero-order valence-electron chi connectivity index (χ0n) is 15.3. The maximum absolute atomic E-state index is 12.5. The molecular weight excluding hydrogens is 386 g/mol. The van der Waals surface area contributed by atoms with Gasteiger partial charge in [0.2, 0.25) is 0 Å². The molecule has 7 nitrogen and oxygen atoms in total. The number of para-hydroxylation sites is 1. The van der Waals surface area contributed by atoms with Crippen LogP contribution in [0.3, 0.4) is 0 Å². The molecule has 0 aromatic heterocycles. The van der Waals surface area contributed by atoms with Gasteiger partial charge in [-0.1, -0.05) is 56.3 Å². The van der Waals surface area contributed by atoms with Crippen molar-refractivity contribution in [3.05, 3.63) is 65.7 Å². The summed E-state index contributed by atoms with van der Waals surface area (Å²) in [5.74, 6) is 0. The summed E-state index contributed by atoms with van der Waals surface area (Å²) in [5.41, 5.74) is 1.94. The smallest absolute Gasteiger partial charge is 0.317 e. The van der Waals surface area contributed by atoms with Crippen LogP contribution in [0.2, 0.25) is 0 Å². The Kier molecular flexibility index (Phi) is 6.66. The van der Waals surface area contributed by atoms with E-state index >= 15 is 0 Å². The van der Waals surface area contributed by atoms with Gasteiger partial charge in [-0.3, -0.25) is 4.52 Å². The van der Waals surface area contributed by atoms with Gasteiger partial charge >= 0.3 is 7.75 Å². The Bertz CT molecular complexity index is 797. The van der Waals surface area contributed by atoms with E-state index in [1.54, 1.807) is 30.3 Å². The van der Waals surface area contributed by atoms with Crippen LogP contribution in [-0.4, -0.2) is 27.5 Å². The molecule has 2 unspecified atom stereocenters. The minimum absolute atomic E-state index is 0.332. The first-order valence-electron chi connectivity index (χ1n) is 8.78. The van der Waals surface area contributed by atoms with Gasteiger partial charge in [-0.2, -0.15) is 0 Å². The van der Waals surface area contributed by atoms with E-state index in [1.165, 1.54) is 0 Å². The quantitative estimate of drug-likeness (QED) is 0.683. The third kappa shape index (κ3) is 4.58. The van der Waals surface area contributed by atoms with Crippen LogP contribution in [0.1, 0.15) is 31.2 Å². The third-order valence-electron chi connectivity index (χ3n) is 4.33. The van der Waals surface area contributed by atoms with Crippen LogP contribution >= 0.6 is 16.3 Å². The molecular formula is C18H24N2O5P2. The fourth-order valence-corrected chi connectivity index (χ4v) is 5.39. The lowest BCUT2D eigenvalue weighted by Crippen LogP contribution is -2.29. The van der Waals surface area contributed by atoms with Crippen molar-refractivity contribution in [1.29, 1.82) is 0 Å². The maximum atomic E-state index is 12.5. The van der Waals surface area contributed by atoms with Crippen molar-refractivity contribution < 1.29 is 23.4 Å². The van der Waals surface area contributed by atoms with Crippen molar-refractivity contribution in [3.63, 3.8) is 0 Å². The molecule has 1 aliphatic rings. The highest BCUT2D eigenvalue weighted by atomic mass is 31.2. The van der Waals surface area contributed by atoms with Crippen molar-refractivity contribution >= 4 is 22.0 Å². The van der Waals surface area contributed by atoms with Crippen LogP contribution < -0.4 is 4.67 Å². The minimum Gasteiger partial charge on any atom is -0.317 e. The van der Waals surface area contributed by atoms with Crippen molar-refractivity contribution in [2.75, 3.05) is 17.8 Å². The monoisotopic (exact) mass is 410 g/mol. The zero-order valence-corrected chi connectivity index (χ0v) is 17.1. The number of rotatable bonds is 6. The van der Waals surface area contributed by atoms with Gasteiger partial charge in [0.05, 0.1) is 6.61 Å². The first kappa shape index (κ1) is 20.4. The Morgan fingerprint density at radius 3 is 2.33 bits per heavy atom. The molecule has 1 heterocycles. The van der Waals surface area contributed by atoms with Crippen LogP contribution in [0, 0.1) is 0 Å². The van der Waals surface area contributed by atoms with Gasteiger partial charge in [-0.05, 0) is 17.7 Å². The van der Waals surface area contributed by atoms with Crippen LogP contribution in [-0.2, 0) is 20.2 Å². The number of anilines is 1. The molecule has 146 valence electrons. The summed E-state index contributed by atoms with van der Waals surface area (Å²) in [7, 11) is -6.14. The summed E-state index contributed by atoms with van der Waals surface area (Å²) < 4.78 is 27.7. The number of fused-ring (bicyclic) bond motifs is 1. The fraction of sp³-hybridized carbons (Fsp3) is 0.333. The normalized spacial score (nSPS) is 20.2. The Balaban J connectivity index is 2.10. The Morgan fingerprint density at radius 2 is 1.70 bits per heavy atom. The lowest BCUT2D eigenvalue weighted by atomic mass is 10.1. The van der Waals surface area contributed by atoms with Gasteiger partial charge in [0.25, 0.3) is 8.53 Å². The molecule has 1 aliphatic heterocycles. The fourth-order valence-electron chi connectivity index (χ4n) is 2.99. The van der Waals surface area contributed by atoms with Gasteiger partial charge in [-0.25, -0.2) is 13.9 Å². The van der Waals surface area contributed by atoms with E-state index in [-0.39, 0.29) is 0 Å². The summed E-state index contributed by atoms with van der Waals surface area (Å²) in [6, 6.07) is 16.1. The molecule has 2 atom stereocenters. The summed E-state index contributed by atoms with van der Waals surface area (Å²) in [6.45, 7) is 5.77. The molecule has 0 saturated heterocycles. The first-order chi connectivity index (χ1) is 13.0. The Hall–Kier alpha value is -1.30. The second-order valence-electron chi connectivity index (χ2n) is 6.00. The van der Waals surface area contributed by atoms with E-state index in [0.29, 0.717) is 30.9 Å². The van der Waals surface area contributed by atoms with E-state index in [4.69, 9.17) is 9.05 Å². The van der Waals surface area contributed by atoms with Gasteiger partial charge in [0.15, 0.2) is 6.23 Å². The molecule has 0 bridgehead atoms. The van der Waals surface area contributed by atoms with Gasteiger partial charge in [0, 0.05) is 24.3 Å². The van der Waals surface area contributed by atoms with E-state index in [9.17, 15) is 14.4 Å². The third-order valence-corrected chi connectivity index (χ3v) is 7.09. The summed E-state index contributed by atoms with van der Waals surface area (Å²) in [5, 5.41) is 0. The van der Waals surface area contributed by atoms with Crippen LogP contribution in [0.25, 0.3) is 0 Å². The highest BCUT2D eigenvalue weighted by Crippen LogP contribution is 2.57. The van der Waals surface area contributed by atoms with E-state index in [1.807, 2.05) is 42.8 Å². The highest BCUT2D eigenvalue weighted by Gasteiger charge is 2.40. The van der Waals surface area contributed by atoms with E-state index in [0.717, 1.165) is 10.2 Å². The van der Waals surface area contributed by atoms with Crippen molar-refractivity contribution in [2.24, 2.45) is 0 Å². The molecule has 2 aromatic rings. The van der Waals surface area contributed by atoms with Gasteiger partial charge < -0.3 is 14.3 Å². The predicted octanol–water partition coefficient (Wildman–Crippen LogP) is 4.40. The summed E-state index contributed by atoms with van der Waals surface area (Å²) in [6.07, 6.45) is -0.960. The largest absolute Gasteiger partial charge is 0.432 e. The molecule has 9 heteroatoms. The topological polar surface area (TPSA) is 82.5 Å². The number of benzene rings is 2. The SMILES string of the molecule is CCN(CC)P1OCc2ccccc2C(N(c2ccccc2)P(=O)(O)O)O1. The average Bonchev–Trinajstić information content (AvgIpc) is 2.83. The molecule has 3 rings (SSSR count). The lowest BCUT2D eigenvalue weighted by Gasteiger charge is -2.36. The van der Waals surface area contributed by atoms with Crippen molar-refractivity contribution in [1.82, 2.24) is 4.67 Å². The zero-order chi connectivity index (χ0) is 19.4. The Labute approximate surface area is 160 Å². The lowest BCUT2D eigenvalue weighted by molar-refractivity contribution is 0.163. The first-order valence-corrected chi connectivity index (χ1v) is 11.5. The second-order valence-corrected chi connectivity index (χ2v) is 8.97. The molecule has 0 fully saturated rings. The number of nitrogens with zero attached hydrogens (tertiary/aromatic N) is 2. The molecule has 0 aliphatic carbocycles. The van der Waals surface area contributed by atoms with Gasteiger partial charge in [0.1, 0.15) is 0 Å². The maximum Gasteiger partial charge on any atom is 0.432 e. The van der Waals surface area contributed by atoms with E-state index < -0.39 is 22.5 Å². The molecule has 0 spiro atoms. The molecule has 2 aromatic carbocycles. The van der Waals surface area contributed by atoms with Crippen molar-refractivity contribution in [2.45, 2.75) is 26.7 Å². The molecule has 0 saturated carbocycles. The van der Waals surface area contributed by atoms with Crippen LogP contribution in [0.15, 0.2) is 54.6 Å². The standard InChI is InChI=1S/C18H24N2O5P2/c1-3-19(4-2)26-24-14-15-10-8-9-13-17(15)18(25-26)20(27(21,22)23)16-11-6-5-7-12-16/h5-13,18H,3-4,14H2,1-2H3,(H2,21,22,23). The van der Waals surface area contributed by atoms with Gasteiger partial charge in [-0.15, -0.1) is 0 Å². The predicted molar refractivity (Wildman–Crippen MR) is 106 cm³/mol. The van der Waals surface area contributed by atoms with Crippen LogP contribution in [0.4, 0.5) is 5.69 Å². The average molecular weight is 410 g/mol. The molecule has 0 amide bonds. The number of hydrogen-bond acceptors (Lipinski definition) is 4. The molecule has 27 heavy (non-hydrogen) atoms. The van der Waals surface area contributed by atoms with Crippen LogP contribution in [0.5, 0.6) is 0 Å². The highest BCUT2D eigenvalue weighted by molar-refractivity contribution is 7.53. The Morgan fingerprint density at radius 1 is 1.07 bits per heavy atom. The summed E-state index contributed by atoms with van der Waals surface area (Å²) in [4.78, 5) is 20.3. The molecule has 0 radical (unpaired) electrons. The molecule has 2 N–H and O–H groups in total.